The van der Waals surface area contributed by atoms with E-state index in [9.17, 15) is 9.59 Å². The molecule has 2 aromatic carbocycles. The van der Waals surface area contributed by atoms with Crippen molar-refractivity contribution in [1.82, 2.24) is 10.2 Å². The van der Waals surface area contributed by atoms with Crippen LogP contribution in [0.1, 0.15) is 50.2 Å². The molecule has 2 amide bonds. The lowest BCUT2D eigenvalue weighted by atomic mass is 9.95. The van der Waals surface area contributed by atoms with E-state index in [-0.39, 0.29) is 30.8 Å². The van der Waals surface area contributed by atoms with Crippen LogP contribution in [-0.2, 0) is 22.6 Å². The molecule has 172 valence electrons. The van der Waals surface area contributed by atoms with E-state index in [0.29, 0.717) is 31.2 Å². The quantitative estimate of drug-likeness (QED) is 0.445. The summed E-state index contributed by atoms with van der Waals surface area (Å²) < 4.78 is 0. The van der Waals surface area contributed by atoms with E-state index < -0.39 is 6.04 Å². The highest BCUT2D eigenvalue weighted by molar-refractivity contribution is 6.36. The van der Waals surface area contributed by atoms with Gasteiger partial charge < -0.3 is 10.2 Å². The molecule has 0 saturated heterocycles. The van der Waals surface area contributed by atoms with Crippen molar-refractivity contribution in [2.45, 2.75) is 64.1 Å². The molecule has 1 aliphatic rings. The highest BCUT2D eigenvalue weighted by Crippen LogP contribution is 2.27. The molecule has 0 aliphatic heterocycles. The number of hydrogen-bond acceptors (Lipinski definition) is 2. The molecule has 0 aromatic heterocycles. The van der Waals surface area contributed by atoms with Crippen molar-refractivity contribution in [3.8, 4) is 0 Å². The summed E-state index contributed by atoms with van der Waals surface area (Å²) >= 11 is 24.9. The molecular formula is C24H26Cl4N2O2. The number of amides is 2. The maximum atomic E-state index is 13.4. The second kappa shape index (κ2) is 11.6. The zero-order valence-corrected chi connectivity index (χ0v) is 20.9. The van der Waals surface area contributed by atoms with Crippen molar-refractivity contribution >= 4 is 58.2 Å². The van der Waals surface area contributed by atoms with Gasteiger partial charge in [-0.25, -0.2) is 0 Å². The Kier molecular flexibility index (Phi) is 9.13. The van der Waals surface area contributed by atoms with E-state index in [2.05, 4.69) is 5.32 Å². The largest absolute Gasteiger partial charge is 0.352 e. The van der Waals surface area contributed by atoms with Crippen LogP contribution in [0.2, 0.25) is 20.1 Å². The van der Waals surface area contributed by atoms with Gasteiger partial charge in [-0.2, -0.15) is 0 Å². The smallest absolute Gasteiger partial charge is 0.242 e. The van der Waals surface area contributed by atoms with Gasteiger partial charge in [0, 0.05) is 32.7 Å². The fourth-order valence-corrected chi connectivity index (χ4v) is 4.94. The minimum Gasteiger partial charge on any atom is -0.352 e. The van der Waals surface area contributed by atoms with E-state index in [1.54, 1.807) is 43.3 Å². The predicted molar refractivity (Wildman–Crippen MR) is 132 cm³/mol. The molecule has 1 aliphatic carbocycles. The lowest BCUT2D eigenvalue weighted by molar-refractivity contribution is -0.140. The molecule has 0 bridgehead atoms. The third-order valence-corrected chi connectivity index (χ3v) is 7.16. The normalized spacial score (nSPS) is 15.3. The number of nitrogens with zero attached hydrogens (tertiary/aromatic N) is 1. The van der Waals surface area contributed by atoms with Gasteiger partial charge in [0.05, 0.1) is 6.42 Å². The van der Waals surface area contributed by atoms with Crippen molar-refractivity contribution in [1.29, 1.82) is 0 Å². The number of benzene rings is 2. The Labute approximate surface area is 209 Å². The van der Waals surface area contributed by atoms with Crippen molar-refractivity contribution in [2.75, 3.05) is 0 Å². The summed E-state index contributed by atoms with van der Waals surface area (Å²) in [5.74, 6) is -0.446. The number of hydrogen-bond donors (Lipinski definition) is 1. The Hall–Kier alpha value is -1.46. The first-order valence-electron chi connectivity index (χ1n) is 10.7. The molecule has 2 aromatic rings. The first kappa shape index (κ1) is 25.2. The molecule has 0 spiro atoms. The van der Waals surface area contributed by atoms with Gasteiger partial charge in [0.15, 0.2) is 0 Å². The SMILES string of the molecule is C[C@@H](C(=O)NC1CCCCC1)N(Cc1ccc(Cl)cc1Cl)C(=O)Cc1c(Cl)cccc1Cl. The number of carbonyl (C=O) groups excluding carboxylic acids is 2. The van der Waals surface area contributed by atoms with Crippen LogP contribution in [0.4, 0.5) is 0 Å². The first-order chi connectivity index (χ1) is 15.3. The van der Waals surface area contributed by atoms with E-state index in [0.717, 1.165) is 25.7 Å². The Balaban J connectivity index is 1.83. The van der Waals surface area contributed by atoms with Gasteiger partial charge in [-0.15, -0.1) is 0 Å². The molecular weight excluding hydrogens is 490 g/mol. The maximum Gasteiger partial charge on any atom is 0.242 e. The van der Waals surface area contributed by atoms with Crippen molar-refractivity contribution in [3.05, 3.63) is 67.6 Å². The van der Waals surface area contributed by atoms with Gasteiger partial charge in [0.1, 0.15) is 6.04 Å². The Bertz CT molecular complexity index is 956. The molecule has 1 saturated carbocycles. The summed E-state index contributed by atoms with van der Waals surface area (Å²) in [6, 6.07) is 9.65. The van der Waals surface area contributed by atoms with Crippen LogP contribution in [0.15, 0.2) is 36.4 Å². The van der Waals surface area contributed by atoms with Crippen LogP contribution in [0.5, 0.6) is 0 Å². The fraction of sp³-hybridized carbons (Fsp3) is 0.417. The van der Waals surface area contributed by atoms with Gasteiger partial charge >= 0.3 is 0 Å². The third-order valence-electron chi connectivity index (χ3n) is 5.86. The van der Waals surface area contributed by atoms with Gasteiger partial charge in [0.2, 0.25) is 11.8 Å². The van der Waals surface area contributed by atoms with Crippen LogP contribution in [0.25, 0.3) is 0 Å². The molecule has 1 N–H and O–H groups in total. The van der Waals surface area contributed by atoms with Gasteiger partial charge in [0.25, 0.3) is 0 Å². The molecule has 1 atom stereocenters. The molecule has 1 fully saturated rings. The number of carbonyl (C=O) groups is 2. The lowest BCUT2D eigenvalue weighted by Gasteiger charge is -2.31. The minimum absolute atomic E-state index is 0.0231. The minimum atomic E-state index is -0.697. The Morgan fingerprint density at radius 1 is 1.00 bits per heavy atom. The fourth-order valence-electron chi connectivity index (χ4n) is 3.94. The summed E-state index contributed by atoms with van der Waals surface area (Å²) in [6.07, 6.45) is 5.31. The molecule has 4 nitrogen and oxygen atoms in total. The van der Waals surface area contributed by atoms with E-state index in [4.69, 9.17) is 46.4 Å². The molecule has 0 unspecified atom stereocenters. The molecule has 0 radical (unpaired) electrons. The van der Waals surface area contributed by atoms with Crippen LogP contribution in [0.3, 0.4) is 0 Å². The summed E-state index contributed by atoms with van der Waals surface area (Å²) in [5, 5.41) is 4.87. The second-order valence-electron chi connectivity index (χ2n) is 8.15. The van der Waals surface area contributed by atoms with Crippen LogP contribution in [-0.4, -0.2) is 28.8 Å². The standard InChI is InChI=1S/C24H26Cl4N2O2/c1-15(24(32)29-18-6-3-2-4-7-18)30(14-16-10-11-17(25)12-22(16)28)23(31)13-19-20(26)8-5-9-21(19)27/h5,8-12,15,18H,2-4,6-7,13-14H2,1H3,(H,29,32)/t15-/m0/s1. The summed E-state index contributed by atoms with van der Waals surface area (Å²) in [6.45, 7) is 1.89. The maximum absolute atomic E-state index is 13.4. The third kappa shape index (κ3) is 6.54. The number of halogens is 4. The average molecular weight is 516 g/mol. The van der Waals surface area contributed by atoms with Crippen molar-refractivity contribution in [2.24, 2.45) is 0 Å². The van der Waals surface area contributed by atoms with E-state index in [1.165, 1.54) is 11.3 Å². The first-order valence-corrected chi connectivity index (χ1v) is 12.2. The van der Waals surface area contributed by atoms with Gasteiger partial charge in [-0.1, -0.05) is 77.8 Å². The lowest BCUT2D eigenvalue weighted by Crippen LogP contribution is -2.50. The molecule has 32 heavy (non-hydrogen) atoms. The van der Waals surface area contributed by atoms with Crippen LogP contribution < -0.4 is 5.32 Å². The Morgan fingerprint density at radius 3 is 2.28 bits per heavy atom. The van der Waals surface area contributed by atoms with Crippen molar-refractivity contribution < 1.29 is 9.59 Å². The van der Waals surface area contributed by atoms with E-state index >= 15 is 0 Å². The highest BCUT2D eigenvalue weighted by atomic mass is 35.5. The van der Waals surface area contributed by atoms with Gasteiger partial charge in [-0.05, 0) is 55.2 Å². The summed E-state index contributed by atoms with van der Waals surface area (Å²) in [4.78, 5) is 28.0. The summed E-state index contributed by atoms with van der Waals surface area (Å²) in [5.41, 5.74) is 1.24. The molecule has 0 heterocycles. The van der Waals surface area contributed by atoms with Gasteiger partial charge in [-0.3, -0.25) is 9.59 Å². The zero-order valence-electron chi connectivity index (χ0n) is 17.8. The topological polar surface area (TPSA) is 49.4 Å². The average Bonchev–Trinajstić information content (AvgIpc) is 2.76. The number of nitrogens with one attached hydrogen (secondary N) is 1. The zero-order chi connectivity index (χ0) is 23.3. The monoisotopic (exact) mass is 514 g/mol. The predicted octanol–water partition coefficient (Wildman–Crippen LogP) is 6.71. The van der Waals surface area contributed by atoms with Crippen LogP contribution >= 0.6 is 46.4 Å². The summed E-state index contributed by atoms with van der Waals surface area (Å²) in [7, 11) is 0. The highest BCUT2D eigenvalue weighted by Gasteiger charge is 2.29. The van der Waals surface area contributed by atoms with Crippen LogP contribution in [0, 0.1) is 0 Å². The van der Waals surface area contributed by atoms with E-state index in [1.807, 2.05) is 0 Å². The second-order valence-corrected chi connectivity index (χ2v) is 9.81. The number of rotatable bonds is 7. The van der Waals surface area contributed by atoms with Crippen molar-refractivity contribution in [3.63, 3.8) is 0 Å². The Morgan fingerprint density at radius 2 is 1.66 bits per heavy atom. The molecule has 3 rings (SSSR count). The molecule has 8 heteroatoms.